The first-order chi connectivity index (χ1) is 21.9. The van der Waals surface area contributed by atoms with E-state index in [1.807, 2.05) is 0 Å². The number of hydrogen-bond acceptors (Lipinski definition) is 8. The summed E-state index contributed by atoms with van der Waals surface area (Å²) in [6.45, 7) is 4.49. The molecule has 0 aromatic rings. The Labute approximate surface area is 308 Å². The molecule has 0 aliphatic carbocycles. The zero-order valence-corrected chi connectivity index (χ0v) is 33.7. The van der Waals surface area contributed by atoms with E-state index in [1.165, 1.54) is 128 Å². The van der Waals surface area contributed by atoms with Crippen LogP contribution in [0.2, 0.25) is 0 Å². The first-order valence-electron chi connectivity index (χ1n) is 19.1. The first kappa shape index (κ1) is 51.9. The van der Waals surface area contributed by atoms with Gasteiger partial charge in [0, 0.05) is 11.5 Å². The fourth-order valence-electron chi connectivity index (χ4n) is 5.72. The Morgan fingerprint density at radius 2 is 0.574 bits per heavy atom. The van der Waals surface area contributed by atoms with Crippen molar-refractivity contribution in [2.45, 2.75) is 219 Å². The Morgan fingerprint density at radius 1 is 0.383 bits per heavy atom. The number of rotatable bonds is 34. The molecule has 0 saturated heterocycles. The maximum atomic E-state index is 10.4. The molecule has 2 atom stereocenters. The molecule has 11 heteroatoms. The number of aliphatic hydroxyl groups is 2. The zero-order valence-electron chi connectivity index (χ0n) is 30.6. The molecule has 0 aliphatic heterocycles. The van der Waals surface area contributed by atoms with Gasteiger partial charge in [0.25, 0.3) is 0 Å². The minimum Gasteiger partial charge on any atom is -0.748 e. The molecule has 0 fully saturated rings. The minimum atomic E-state index is -4.13. The molecule has 0 aromatic heterocycles. The Morgan fingerprint density at radius 3 is 0.787 bits per heavy atom. The van der Waals surface area contributed by atoms with Gasteiger partial charge in [0.05, 0.1) is 32.4 Å². The third kappa shape index (κ3) is 51.0. The van der Waals surface area contributed by atoms with Crippen LogP contribution in [0.15, 0.2) is 0 Å². The van der Waals surface area contributed by atoms with Crippen molar-refractivity contribution in [1.82, 2.24) is 0 Å². The summed E-state index contributed by atoms with van der Waals surface area (Å²) in [4.78, 5) is 0. The van der Waals surface area contributed by atoms with E-state index in [-0.39, 0.29) is 47.4 Å². The van der Waals surface area contributed by atoms with Crippen molar-refractivity contribution >= 4 is 43.3 Å². The van der Waals surface area contributed by atoms with E-state index in [2.05, 4.69) is 13.8 Å². The Hall–Kier alpha value is 0.506. The predicted octanol–water partition coefficient (Wildman–Crippen LogP) is 9.15. The molecule has 0 aliphatic rings. The summed E-state index contributed by atoms with van der Waals surface area (Å²) >= 11 is 0. The quantitative estimate of drug-likeness (QED) is 0.0379. The summed E-state index contributed by atoms with van der Waals surface area (Å²) in [5, 5.41) is 19.4. The molecule has 2 N–H and O–H groups in total. The molecule has 8 nitrogen and oxygen atoms in total. The van der Waals surface area contributed by atoms with Crippen LogP contribution in [-0.2, 0) is 20.2 Å². The average molecular weight is 723 g/mol. The normalized spacial score (nSPS) is 13.1. The molecular formula is C36H74MgO8S2. The summed E-state index contributed by atoms with van der Waals surface area (Å²) in [6.07, 6.45) is 32.9. The monoisotopic (exact) mass is 722 g/mol. The third-order valence-electron chi connectivity index (χ3n) is 8.65. The van der Waals surface area contributed by atoms with Gasteiger partial charge < -0.3 is 19.3 Å². The maximum Gasteiger partial charge on any atom is 2.00 e. The molecule has 0 bridgehead atoms. The zero-order chi connectivity index (χ0) is 34.8. The minimum absolute atomic E-state index is 0. The fraction of sp³-hybridized carbons (Fsp3) is 1.00. The van der Waals surface area contributed by atoms with Gasteiger partial charge in [-0.05, 0) is 38.5 Å². The molecule has 0 radical (unpaired) electrons. The fourth-order valence-corrected chi connectivity index (χ4v) is 6.76. The van der Waals surface area contributed by atoms with Gasteiger partial charge in [0.1, 0.15) is 0 Å². The molecule has 0 rings (SSSR count). The van der Waals surface area contributed by atoms with E-state index in [9.17, 15) is 36.2 Å². The van der Waals surface area contributed by atoms with E-state index < -0.39 is 32.4 Å². The second kappa shape index (κ2) is 37.8. The average Bonchev–Trinajstić information content (AvgIpc) is 2.97. The Balaban J connectivity index is -0.000000807. The van der Waals surface area contributed by atoms with E-state index in [4.69, 9.17) is 0 Å². The molecular weight excluding hydrogens is 649 g/mol. The van der Waals surface area contributed by atoms with E-state index in [1.54, 1.807) is 0 Å². The van der Waals surface area contributed by atoms with Gasteiger partial charge in [-0.25, -0.2) is 16.8 Å². The topological polar surface area (TPSA) is 155 Å². The molecule has 0 amide bonds. The largest absolute Gasteiger partial charge is 2.00 e. The summed E-state index contributed by atoms with van der Waals surface area (Å²) in [6, 6.07) is 0. The van der Waals surface area contributed by atoms with Crippen molar-refractivity contribution in [3.63, 3.8) is 0 Å². The molecule has 0 spiro atoms. The van der Waals surface area contributed by atoms with Gasteiger partial charge in [-0.2, -0.15) is 0 Å². The summed E-state index contributed by atoms with van der Waals surface area (Å²) in [5.74, 6) is -0.717. The summed E-state index contributed by atoms with van der Waals surface area (Å²) < 4.78 is 62.7. The van der Waals surface area contributed by atoms with Gasteiger partial charge >= 0.3 is 23.1 Å². The Bertz CT molecular complexity index is 757. The van der Waals surface area contributed by atoms with E-state index in [0.717, 1.165) is 38.5 Å². The van der Waals surface area contributed by atoms with Crippen LogP contribution < -0.4 is 0 Å². The second-order valence-electron chi connectivity index (χ2n) is 13.5. The molecule has 2 unspecified atom stereocenters. The van der Waals surface area contributed by atoms with E-state index >= 15 is 0 Å². The Kier molecular flexibility index (Phi) is 41.7. The van der Waals surface area contributed by atoms with Crippen LogP contribution in [0.4, 0.5) is 0 Å². The van der Waals surface area contributed by atoms with Crippen molar-refractivity contribution in [3.8, 4) is 0 Å². The maximum absolute atomic E-state index is 10.4. The van der Waals surface area contributed by atoms with Crippen molar-refractivity contribution in [1.29, 1.82) is 0 Å². The van der Waals surface area contributed by atoms with Crippen LogP contribution in [0.25, 0.3) is 0 Å². The van der Waals surface area contributed by atoms with Gasteiger partial charge in [-0.3, -0.25) is 0 Å². The number of unbranched alkanes of at least 4 members (excludes halogenated alkanes) is 22. The van der Waals surface area contributed by atoms with Crippen molar-refractivity contribution in [3.05, 3.63) is 0 Å². The summed E-state index contributed by atoms with van der Waals surface area (Å²) in [7, 11) is -8.26. The van der Waals surface area contributed by atoms with Gasteiger partial charge in [-0.15, -0.1) is 0 Å². The summed E-state index contributed by atoms with van der Waals surface area (Å²) in [5.41, 5.74) is 0. The second-order valence-corrected chi connectivity index (χ2v) is 16.5. The molecule has 280 valence electrons. The molecule has 0 saturated carbocycles. The van der Waals surface area contributed by atoms with Gasteiger partial charge in [-0.1, -0.05) is 168 Å². The van der Waals surface area contributed by atoms with Crippen LogP contribution in [0.5, 0.6) is 0 Å². The van der Waals surface area contributed by atoms with Crippen molar-refractivity contribution < 1.29 is 36.2 Å². The first-order valence-corrected chi connectivity index (χ1v) is 22.3. The van der Waals surface area contributed by atoms with Crippen LogP contribution in [-0.4, -0.2) is 82.9 Å². The van der Waals surface area contributed by atoms with Crippen molar-refractivity contribution in [2.24, 2.45) is 0 Å². The van der Waals surface area contributed by atoms with Crippen LogP contribution in [0.3, 0.4) is 0 Å². The number of hydrogen-bond donors (Lipinski definition) is 2. The molecule has 0 aromatic carbocycles. The molecule has 47 heavy (non-hydrogen) atoms. The van der Waals surface area contributed by atoms with Crippen LogP contribution >= 0.6 is 0 Å². The van der Waals surface area contributed by atoms with Gasteiger partial charge in [0.2, 0.25) is 0 Å². The SMILES string of the molecule is CCCCCCCCCCCCCCC(O)CCCS(=O)(=O)[O-].CCCCCCCCCCCCCCC(O)CCCS(=O)(=O)[O-].[Mg+2]. The molecule has 0 heterocycles. The number of aliphatic hydroxyl groups excluding tert-OH is 2. The van der Waals surface area contributed by atoms with Crippen LogP contribution in [0.1, 0.15) is 206 Å². The predicted molar refractivity (Wildman–Crippen MR) is 197 cm³/mol. The van der Waals surface area contributed by atoms with E-state index in [0.29, 0.717) is 12.8 Å². The van der Waals surface area contributed by atoms with Crippen LogP contribution in [0, 0.1) is 0 Å². The third-order valence-corrected chi connectivity index (χ3v) is 10.2. The van der Waals surface area contributed by atoms with Crippen molar-refractivity contribution in [2.75, 3.05) is 11.5 Å². The smallest absolute Gasteiger partial charge is 0.748 e. The standard InChI is InChI=1S/2C18H38O4S.Mg/c2*1-2-3-4-5-6-7-8-9-10-11-12-13-15-18(19)16-14-17-23(20,21)22;/h2*18-19H,2-17H2,1H3,(H,20,21,22);/q;;+2/p-2. The van der Waals surface area contributed by atoms with Gasteiger partial charge in [0.15, 0.2) is 0 Å².